The molecule has 3 heterocycles. The topological polar surface area (TPSA) is 78.2 Å². The number of amides is 1. The van der Waals surface area contributed by atoms with Crippen molar-refractivity contribution >= 4 is 11.7 Å². The van der Waals surface area contributed by atoms with Crippen LogP contribution in [0, 0.1) is 17.2 Å². The summed E-state index contributed by atoms with van der Waals surface area (Å²) in [6.45, 7) is 2.07. The fraction of sp³-hybridized carbons (Fsp3) is 0.526. The normalized spacial score (nSPS) is 28.6. The molecule has 1 aromatic heterocycles. The zero-order valence-electron chi connectivity index (χ0n) is 14.1. The first-order valence-electron chi connectivity index (χ1n) is 8.89. The Morgan fingerprint density at radius 3 is 3.04 bits per heavy atom. The molecule has 2 fully saturated rings. The number of likely N-dealkylation sites (tertiary alicyclic amines) is 1. The van der Waals surface area contributed by atoms with E-state index in [1.54, 1.807) is 6.07 Å². The van der Waals surface area contributed by atoms with Crippen LogP contribution in [0.15, 0.2) is 30.4 Å². The highest BCUT2D eigenvalue weighted by molar-refractivity contribution is 5.80. The second-order valence-electron chi connectivity index (χ2n) is 7.21. The fourth-order valence-corrected chi connectivity index (χ4v) is 4.12. The molecule has 0 radical (unpaired) electrons. The Hall–Kier alpha value is -2.39. The largest absolute Gasteiger partial charge is 0.371 e. The number of carbonyl (C=O) groups is 1. The number of nitrogens with zero attached hydrogens (tertiary/aromatic N) is 3. The predicted octanol–water partition coefficient (Wildman–Crippen LogP) is 2.09. The van der Waals surface area contributed by atoms with Gasteiger partial charge in [0.15, 0.2) is 0 Å². The van der Waals surface area contributed by atoms with Crippen LogP contribution >= 0.6 is 0 Å². The average Bonchev–Trinajstić information content (AvgIpc) is 3.37. The Kier molecular flexibility index (Phi) is 4.18. The van der Waals surface area contributed by atoms with E-state index in [4.69, 9.17) is 10.00 Å². The van der Waals surface area contributed by atoms with Crippen LogP contribution in [-0.2, 0) is 9.53 Å². The van der Waals surface area contributed by atoms with Crippen LogP contribution in [0.3, 0.4) is 0 Å². The van der Waals surface area contributed by atoms with Crippen molar-refractivity contribution in [1.82, 2.24) is 9.88 Å². The smallest absolute Gasteiger partial charge is 0.226 e. The summed E-state index contributed by atoms with van der Waals surface area (Å²) in [5.74, 6) is 1.10. The predicted molar refractivity (Wildman–Crippen MR) is 92.7 cm³/mol. The molecule has 1 spiro atoms. The molecule has 6 nitrogen and oxygen atoms in total. The number of hydrogen-bond acceptors (Lipinski definition) is 5. The lowest BCUT2D eigenvalue weighted by Gasteiger charge is -2.25. The molecule has 2 atom stereocenters. The zero-order chi connectivity index (χ0) is 17.3. The van der Waals surface area contributed by atoms with Crippen molar-refractivity contribution in [2.75, 3.05) is 25.0 Å². The molecule has 2 aliphatic heterocycles. The Balaban J connectivity index is 1.35. The Bertz CT molecular complexity index is 733. The number of pyridine rings is 1. The summed E-state index contributed by atoms with van der Waals surface area (Å²) in [4.78, 5) is 18.9. The minimum Gasteiger partial charge on any atom is -0.371 e. The van der Waals surface area contributed by atoms with Crippen molar-refractivity contribution in [1.29, 1.82) is 5.26 Å². The summed E-state index contributed by atoms with van der Waals surface area (Å²) < 4.78 is 6.12. The summed E-state index contributed by atoms with van der Waals surface area (Å²) in [7, 11) is 0. The third kappa shape index (κ3) is 3.24. The number of rotatable bonds is 3. The highest BCUT2D eigenvalue weighted by Crippen LogP contribution is 2.37. The Morgan fingerprint density at radius 1 is 1.40 bits per heavy atom. The summed E-state index contributed by atoms with van der Waals surface area (Å²) in [6.07, 6.45) is 7.69. The maximum absolute atomic E-state index is 12.6. The number of hydrogen-bond donors (Lipinski definition) is 1. The lowest BCUT2D eigenvalue weighted by atomic mass is 9.97. The Labute approximate surface area is 147 Å². The van der Waals surface area contributed by atoms with Crippen molar-refractivity contribution in [3.63, 3.8) is 0 Å². The van der Waals surface area contributed by atoms with Crippen molar-refractivity contribution in [3.8, 4) is 6.07 Å². The van der Waals surface area contributed by atoms with E-state index in [0.29, 0.717) is 24.7 Å². The van der Waals surface area contributed by atoms with Gasteiger partial charge in [-0.05, 0) is 31.4 Å². The maximum Gasteiger partial charge on any atom is 0.226 e. The van der Waals surface area contributed by atoms with E-state index in [1.807, 2.05) is 17.0 Å². The van der Waals surface area contributed by atoms with Crippen molar-refractivity contribution in [2.45, 2.75) is 37.3 Å². The first kappa shape index (κ1) is 16.1. The minimum atomic E-state index is -0.230. The van der Waals surface area contributed by atoms with Crippen LogP contribution in [-0.4, -0.2) is 47.1 Å². The van der Waals surface area contributed by atoms with E-state index in [2.05, 4.69) is 28.5 Å². The van der Waals surface area contributed by atoms with Crippen molar-refractivity contribution < 1.29 is 9.53 Å². The molecule has 4 rings (SSSR count). The van der Waals surface area contributed by atoms with E-state index in [9.17, 15) is 4.79 Å². The molecule has 130 valence electrons. The second-order valence-corrected chi connectivity index (χ2v) is 7.21. The first-order valence-corrected chi connectivity index (χ1v) is 8.89. The summed E-state index contributed by atoms with van der Waals surface area (Å²) in [6, 6.07) is 7.59. The van der Waals surface area contributed by atoms with Gasteiger partial charge in [-0.15, -0.1) is 0 Å². The highest BCUT2D eigenvalue weighted by Gasteiger charge is 2.47. The number of nitriles is 1. The van der Waals surface area contributed by atoms with Crippen LogP contribution in [0.2, 0.25) is 0 Å². The number of carbonyl (C=O) groups excluding carboxylic acids is 1. The van der Waals surface area contributed by atoms with Gasteiger partial charge < -0.3 is 15.0 Å². The Morgan fingerprint density at radius 2 is 2.24 bits per heavy atom. The molecule has 1 aromatic rings. The second kappa shape index (κ2) is 6.49. The number of allylic oxidation sites excluding steroid dienone is 2. The lowest BCUT2D eigenvalue weighted by molar-refractivity contribution is -0.135. The summed E-state index contributed by atoms with van der Waals surface area (Å²) in [5, 5.41) is 12.3. The van der Waals surface area contributed by atoms with Gasteiger partial charge in [-0.3, -0.25) is 4.79 Å². The highest BCUT2D eigenvalue weighted by atomic mass is 16.5. The molecule has 0 unspecified atom stereocenters. The van der Waals surface area contributed by atoms with Gasteiger partial charge in [-0.1, -0.05) is 18.2 Å². The molecule has 0 aromatic carbocycles. The SMILES string of the molecule is N#Cc1cccc(N[C@H]2CO[C@@]3(CCN(C(=O)C4CC=CC4)C3)C2)n1. The van der Waals surface area contributed by atoms with E-state index >= 15 is 0 Å². The van der Waals surface area contributed by atoms with E-state index in [0.717, 1.165) is 32.2 Å². The van der Waals surface area contributed by atoms with E-state index in [-0.39, 0.29) is 23.5 Å². The molecule has 0 bridgehead atoms. The molecule has 1 aliphatic carbocycles. The lowest BCUT2D eigenvalue weighted by Crippen LogP contribution is -2.38. The molecule has 1 N–H and O–H groups in total. The molecular formula is C19H22N4O2. The molecule has 1 amide bonds. The first-order chi connectivity index (χ1) is 12.2. The van der Waals surface area contributed by atoms with Gasteiger partial charge in [0.1, 0.15) is 17.6 Å². The maximum atomic E-state index is 12.6. The van der Waals surface area contributed by atoms with Gasteiger partial charge in [0, 0.05) is 25.4 Å². The fourth-order valence-electron chi connectivity index (χ4n) is 4.12. The molecule has 6 heteroatoms. The average molecular weight is 338 g/mol. The quantitative estimate of drug-likeness (QED) is 0.854. The van der Waals surface area contributed by atoms with Crippen LogP contribution in [0.1, 0.15) is 31.4 Å². The molecular weight excluding hydrogens is 316 g/mol. The number of ether oxygens (including phenoxy) is 1. The van der Waals surface area contributed by atoms with Crippen LogP contribution in [0.4, 0.5) is 5.82 Å². The molecule has 0 saturated carbocycles. The number of aromatic nitrogens is 1. The van der Waals surface area contributed by atoms with Gasteiger partial charge >= 0.3 is 0 Å². The molecule has 25 heavy (non-hydrogen) atoms. The van der Waals surface area contributed by atoms with E-state index < -0.39 is 0 Å². The third-order valence-corrected chi connectivity index (χ3v) is 5.41. The van der Waals surface area contributed by atoms with Gasteiger partial charge in [0.2, 0.25) is 5.91 Å². The number of nitrogens with one attached hydrogen (secondary N) is 1. The minimum absolute atomic E-state index is 0.128. The van der Waals surface area contributed by atoms with Gasteiger partial charge in [0.25, 0.3) is 0 Å². The van der Waals surface area contributed by atoms with Gasteiger partial charge in [-0.2, -0.15) is 5.26 Å². The van der Waals surface area contributed by atoms with Crippen molar-refractivity contribution in [3.05, 3.63) is 36.0 Å². The molecule has 2 saturated heterocycles. The monoisotopic (exact) mass is 338 g/mol. The zero-order valence-corrected chi connectivity index (χ0v) is 14.1. The third-order valence-electron chi connectivity index (χ3n) is 5.41. The van der Waals surface area contributed by atoms with Gasteiger partial charge in [-0.25, -0.2) is 4.98 Å². The van der Waals surface area contributed by atoms with Crippen LogP contribution < -0.4 is 5.32 Å². The van der Waals surface area contributed by atoms with Crippen molar-refractivity contribution in [2.24, 2.45) is 5.92 Å². The summed E-state index contributed by atoms with van der Waals surface area (Å²) in [5.41, 5.74) is 0.174. The van der Waals surface area contributed by atoms with E-state index in [1.165, 1.54) is 0 Å². The number of anilines is 1. The standard InChI is InChI=1S/C19H22N4O2/c20-11-15-6-3-7-17(21-15)22-16-10-19(25-12-16)8-9-23(13-19)18(24)14-4-1-2-5-14/h1-3,6-7,14,16H,4-5,8-10,12-13H2,(H,21,22)/t16-,19+/m1/s1. The van der Waals surface area contributed by atoms with Gasteiger partial charge in [0.05, 0.1) is 18.2 Å². The van der Waals surface area contributed by atoms with Crippen LogP contribution in [0.5, 0.6) is 0 Å². The molecule has 3 aliphatic rings. The van der Waals surface area contributed by atoms with Crippen LogP contribution in [0.25, 0.3) is 0 Å². The summed E-state index contributed by atoms with van der Waals surface area (Å²) >= 11 is 0.